The number of likely N-dealkylation sites (tertiary alicyclic amines) is 1. The Morgan fingerprint density at radius 1 is 1.41 bits per heavy atom. The van der Waals surface area contributed by atoms with E-state index < -0.39 is 5.97 Å². The van der Waals surface area contributed by atoms with Crippen LogP contribution in [0.1, 0.15) is 31.9 Å². The summed E-state index contributed by atoms with van der Waals surface area (Å²) in [5.74, 6) is -0.888. The van der Waals surface area contributed by atoms with Crippen molar-refractivity contribution in [2.24, 2.45) is 5.92 Å². The number of carboxylic acids is 1. The van der Waals surface area contributed by atoms with E-state index in [-0.39, 0.29) is 18.0 Å². The fourth-order valence-electron chi connectivity index (χ4n) is 2.76. The fourth-order valence-corrected chi connectivity index (χ4v) is 2.76. The predicted octanol–water partition coefficient (Wildman–Crippen LogP) is 2.54. The van der Waals surface area contributed by atoms with E-state index in [9.17, 15) is 4.79 Å². The van der Waals surface area contributed by atoms with Crippen molar-refractivity contribution >= 4 is 5.97 Å². The molecule has 1 aromatic rings. The number of carboxylic acid groups (broad SMARTS) is 1. The third kappa shape index (κ3) is 2.34. The largest absolute Gasteiger partial charge is 0.481 e. The molecule has 1 fully saturated rings. The van der Waals surface area contributed by atoms with Crippen LogP contribution in [0.25, 0.3) is 0 Å². The molecule has 0 unspecified atom stereocenters. The van der Waals surface area contributed by atoms with Crippen molar-refractivity contribution in [2.45, 2.75) is 32.4 Å². The van der Waals surface area contributed by atoms with Crippen LogP contribution in [0.3, 0.4) is 0 Å². The van der Waals surface area contributed by atoms with Crippen molar-refractivity contribution < 1.29 is 9.90 Å². The molecule has 1 N–H and O–H groups in total. The van der Waals surface area contributed by atoms with Crippen LogP contribution in [0.2, 0.25) is 0 Å². The Hall–Kier alpha value is -1.35. The minimum Gasteiger partial charge on any atom is -0.481 e. The molecular weight excluding hydrogens is 214 g/mol. The number of aliphatic carboxylic acids is 1. The van der Waals surface area contributed by atoms with Crippen LogP contribution in [0.4, 0.5) is 0 Å². The van der Waals surface area contributed by atoms with Crippen molar-refractivity contribution in [1.82, 2.24) is 4.90 Å². The van der Waals surface area contributed by atoms with Gasteiger partial charge in [0.15, 0.2) is 0 Å². The molecule has 0 saturated carbocycles. The molecule has 1 aromatic carbocycles. The van der Waals surface area contributed by atoms with Gasteiger partial charge in [0.2, 0.25) is 0 Å². The second-order valence-corrected chi connectivity index (χ2v) is 4.80. The number of hydrogen-bond donors (Lipinski definition) is 1. The molecule has 3 heteroatoms. The highest BCUT2D eigenvalue weighted by Crippen LogP contribution is 2.32. The first-order valence-electron chi connectivity index (χ1n) is 6.14. The minimum atomic E-state index is -0.666. The zero-order valence-electron chi connectivity index (χ0n) is 10.3. The van der Waals surface area contributed by atoms with Gasteiger partial charge in [-0.25, -0.2) is 0 Å². The molecule has 0 amide bonds. The molecule has 2 rings (SSSR count). The van der Waals surface area contributed by atoms with Gasteiger partial charge < -0.3 is 5.11 Å². The maximum atomic E-state index is 11.1. The molecule has 1 aliphatic rings. The summed E-state index contributed by atoms with van der Waals surface area (Å²) in [6.45, 7) is 5.04. The van der Waals surface area contributed by atoms with Crippen molar-refractivity contribution in [2.75, 3.05) is 6.54 Å². The molecule has 0 aliphatic carbocycles. The molecule has 0 aromatic heterocycles. The molecule has 1 saturated heterocycles. The van der Waals surface area contributed by atoms with Crippen molar-refractivity contribution in [1.29, 1.82) is 0 Å². The monoisotopic (exact) mass is 233 g/mol. The van der Waals surface area contributed by atoms with Gasteiger partial charge in [0.1, 0.15) is 0 Å². The van der Waals surface area contributed by atoms with Gasteiger partial charge >= 0.3 is 5.97 Å². The second-order valence-electron chi connectivity index (χ2n) is 4.80. The maximum absolute atomic E-state index is 11.1. The van der Waals surface area contributed by atoms with Gasteiger partial charge in [-0.15, -0.1) is 0 Å². The summed E-state index contributed by atoms with van der Waals surface area (Å²) >= 11 is 0. The molecule has 0 bridgehead atoms. The van der Waals surface area contributed by atoms with Crippen LogP contribution < -0.4 is 0 Å². The van der Waals surface area contributed by atoms with E-state index in [0.717, 1.165) is 13.0 Å². The summed E-state index contributed by atoms with van der Waals surface area (Å²) in [5, 5.41) is 9.13. The topological polar surface area (TPSA) is 40.5 Å². The second kappa shape index (κ2) is 4.88. The Kier molecular flexibility index (Phi) is 3.48. The van der Waals surface area contributed by atoms with Crippen LogP contribution in [0.15, 0.2) is 30.3 Å². The zero-order valence-corrected chi connectivity index (χ0v) is 10.3. The molecule has 0 radical (unpaired) electrons. The summed E-state index contributed by atoms with van der Waals surface area (Å²) < 4.78 is 0. The first kappa shape index (κ1) is 12.1. The lowest BCUT2D eigenvalue weighted by atomic mass is 10.0. The normalized spacial score (nSPS) is 26.9. The Morgan fingerprint density at radius 3 is 2.59 bits per heavy atom. The van der Waals surface area contributed by atoms with Crippen molar-refractivity contribution in [3.63, 3.8) is 0 Å². The summed E-state index contributed by atoms with van der Waals surface area (Å²) in [4.78, 5) is 13.4. The SMILES string of the molecule is C[C@H](c1ccccc1)N1CC[C@H](C(=O)O)[C@H]1C. The standard InChI is InChI=1S/C14H19NO2/c1-10(12-6-4-3-5-7-12)15-9-8-13(11(15)2)14(16)17/h3-7,10-11,13H,8-9H2,1-2H3,(H,16,17)/t10-,11-,13+/m1/s1. The van der Waals surface area contributed by atoms with E-state index in [1.165, 1.54) is 5.56 Å². The average Bonchev–Trinajstić information content (AvgIpc) is 2.71. The van der Waals surface area contributed by atoms with Crippen LogP contribution >= 0.6 is 0 Å². The summed E-state index contributed by atoms with van der Waals surface area (Å²) in [5.41, 5.74) is 1.25. The van der Waals surface area contributed by atoms with Crippen molar-refractivity contribution in [3.8, 4) is 0 Å². The molecule has 3 atom stereocenters. The van der Waals surface area contributed by atoms with Gasteiger partial charge in [-0.3, -0.25) is 9.69 Å². The Balaban J connectivity index is 2.12. The predicted molar refractivity (Wildman–Crippen MR) is 66.8 cm³/mol. The number of rotatable bonds is 3. The Morgan fingerprint density at radius 2 is 2.06 bits per heavy atom. The highest BCUT2D eigenvalue weighted by molar-refractivity contribution is 5.71. The molecular formula is C14H19NO2. The van der Waals surface area contributed by atoms with E-state index in [0.29, 0.717) is 0 Å². The first-order chi connectivity index (χ1) is 8.11. The van der Waals surface area contributed by atoms with E-state index >= 15 is 0 Å². The van der Waals surface area contributed by atoms with Crippen LogP contribution in [0.5, 0.6) is 0 Å². The number of carbonyl (C=O) groups is 1. The molecule has 1 heterocycles. The highest BCUT2D eigenvalue weighted by atomic mass is 16.4. The van der Waals surface area contributed by atoms with E-state index in [4.69, 9.17) is 5.11 Å². The smallest absolute Gasteiger partial charge is 0.308 e. The van der Waals surface area contributed by atoms with Gasteiger partial charge in [0, 0.05) is 12.1 Å². The molecule has 1 aliphatic heterocycles. The van der Waals surface area contributed by atoms with Crippen LogP contribution in [0, 0.1) is 5.92 Å². The summed E-state index contributed by atoms with van der Waals surface area (Å²) in [6, 6.07) is 10.7. The number of hydrogen-bond acceptors (Lipinski definition) is 2. The lowest BCUT2D eigenvalue weighted by Crippen LogP contribution is -2.34. The Bertz CT molecular complexity index is 390. The summed E-state index contributed by atoms with van der Waals surface area (Å²) in [7, 11) is 0. The Labute approximate surface area is 102 Å². The molecule has 3 nitrogen and oxygen atoms in total. The van der Waals surface area contributed by atoms with Gasteiger partial charge in [-0.1, -0.05) is 30.3 Å². The summed E-state index contributed by atoms with van der Waals surface area (Å²) in [6.07, 6.45) is 0.758. The third-order valence-corrected chi connectivity index (χ3v) is 3.90. The maximum Gasteiger partial charge on any atom is 0.308 e. The van der Waals surface area contributed by atoms with Crippen LogP contribution in [-0.2, 0) is 4.79 Å². The highest BCUT2D eigenvalue weighted by Gasteiger charge is 2.37. The van der Waals surface area contributed by atoms with Gasteiger partial charge in [-0.05, 0) is 32.4 Å². The molecule has 17 heavy (non-hydrogen) atoms. The molecule has 0 spiro atoms. The minimum absolute atomic E-state index is 0.114. The molecule has 92 valence electrons. The van der Waals surface area contributed by atoms with E-state index in [1.54, 1.807) is 0 Å². The van der Waals surface area contributed by atoms with Crippen molar-refractivity contribution in [3.05, 3.63) is 35.9 Å². The van der Waals surface area contributed by atoms with E-state index in [2.05, 4.69) is 24.0 Å². The van der Waals surface area contributed by atoms with Gasteiger partial charge in [0.25, 0.3) is 0 Å². The van der Waals surface area contributed by atoms with E-state index in [1.807, 2.05) is 25.1 Å². The fraction of sp³-hybridized carbons (Fsp3) is 0.500. The average molecular weight is 233 g/mol. The number of benzene rings is 1. The number of nitrogens with zero attached hydrogens (tertiary/aromatic N) is 1. The zero-order chi connectivity index (χ0) is 12.4. The van der Waals surface area contributed by atoms with Gasteiger partial charge in [0.05, 0.1) is 5.92 Å². The van der Waals surface area contributed by atoms with Crippen LogP contribution in [-0.4, -0.2) is 28.6 Å². The third-order valence-electron chi connectivity index (χ3n) is 3.90. The van der Waals surface area contributed by atoms with Gasteiger partial charge in [-0.2, -0.15) is 0 Å². The lowest BCUT2D eigenvalue weighted by Gasteiger charge is -2.29. The lowest BCUT2D eigenvalue weighted by molar-refractivity contribution is -0.142. The first-order valence-corrected chi connectivity index (χ1v) is 6.14. The quantitative estimate of drug-likeness (QED) is 0.872.